The minimum absolute atomic E-state index is 0. The van der Waals surface area contributed by atoms with Gasteiger partial charge >= 0.3 is 37.7 Å². The number of carboxylic acids is 2. The molecule has 0 atom stereocenters. The molecule has 0 rings (SSSR count). The molecule has 52 valence electrons. The van der Waals surface area contributed by atoms with Crippen molar-refractivity contribution in [3.63, 3.8) is 0 Å². The zero-order chi connectivity index (χ0) is 8.57. The maximum Gasteiger partial charge on any atom is 2.00 e. The molecule has 0 aliphatic carbocycles. The molecule has 0 aliphatic rings. The van der Waals surface area contributed by atoms with Crippen molar-refractivity contribution in [2.75, 3.05) is 0 Å². The third-order valence-electron chi connectivity index (χ3n) is 0.236. The molecule has 0 radical (unpaired) electrons. The fourth-order valence-electron chi connectivity index (χ4n) is 0. The molecule has 0 N–H and O–H groups in total. The van der Waals surface area contributed by atoms with Crippen molar-refractivity contribution < 1.29 is 19.8 Å². The van der Waals surface area contributed by atoms with Crippen LogP contribution in [0.1, 0.15) is 0 Å². The van der Waals surface area contributed by atoms with Crippen molar-refractivity contribution in [2.45, 2.75) is 0 Å². The summed E-state index contributed by atoms with van der Waals surface area (Å²) in [6.45, 7) is 0. The van der Waals surface area contributed by atoms with Crippen LogP contribution in [0.4, 0.5) is 0 Å². The van der Waals surface area contributed by atoms with Crippen LogP contribution in [-0.2, 0) is 9.59 Å². The Morgan fingerprint density at radius 3 is 1.09 bits per heavy atom. The van der Waals surface area contributed by atoms with Crippen LogP contribution < -0.4 is 10.2 Å². The van der Waals surface area contributed by atoms with E-state index in [1.54, 1.807) is 0 Å². The number of aliphatic carboxylic acids is 2. The van der Waals surface area contributed by atoms with Gasteiger partial charge in [0.15, 0.2) is 0 Å². The number of rotatable bonds is 0. The molecule has 0 saturated carbocycles. The summed E-state index contributed by atoms with van der Waals surface area (Å²) in [5.41, 5.74) is 0. The van der Waals surface area contributed by atoms with Crippen molar-refractivity contribution in [1.82, 2.24) is 0 Å². The number of hydrogen-bond donors (Lipinski definition) is 0. The third kappa shape index (κ3) is 45.3. The van der Waals surface area contributed by atoms with Crippen molar-refractivity contribution in [3.05, 3.63) is 0 Å². The van der Waals surface area contributed by atoms with Gasteiger partial charge in [-0.1, -0.05) is 11.8 Å². The topological polar surface area (TPSA) is 80.3 Å². The molecule has 0 bridgehead atoms. The summed E-state index contributed by atoms with van der Waals surface area (Å²) in [5, 5.41) is 18.0. The van der Waals surface area contributed by atoms with E-state index in [1.165, 1.54) is 11.8 Å². The van der Waals surface area contributed by atoms with Crippen LogP contribution in [-0.4, -0.2) is 49.7 Å². The van der Waals surface area contributed by atoms with Gasteiger partial charge in [0.25, 0.3) is 0 Å². The number of terminal acetylenes is 2. The van der Waals surface area contributed by atoms with E-state index in [1.807, 2.05) is 0 Å². The normalized spacial score (nSPS) is 4.91. The summed E-state index contributed by atoms with van der Waals surface area (Å²) in [6, 6.07) is 0. The van der Waals surface area contributed by atoms with Crippen LogP contribution in [0.15, 0.2) is 0 Å². The van der Waals surface area contributed by atoms with Gasteiger partial charge in [-0.25, -0.2) is 0 Å². The minimum Gasteiger partial charge on any atom is -0.537 e. The molecule has 0 unspecified atom stereocenters. The third-order valence-corrected chi connectivity index (χ3v) is 0.236. The second kappa shape index (κ2) is 12.0. The molecule has 0 aromatic heterocycles. The maximum atomic E-state index is 9.02. The van der Waals surface area contributed by atoms with Crippen LogP contribution in [0.2, 0.25) is 0 Å². The van der Waals surface area contributed by atoms with E-state index in [4.69, 9.17) is 19.8 Å². The summed E-state index contributed by atoms with van der Waals surface area (Å²) in [4.78, 5) is 18.0. The predicted molar refractivity (Wildman–Crippen MR) is 33.4 cm³/mol. The van der Waals surface area contributed by atoms with Crippen molar-refractivity contribution in [2.24, 2.45) is 0 Å². The average Bonchev–Trinajstić information content (AvgIpc) is 1.89. The summed E-state index contributed by atoms with van der Waals surface area (Å²) < 4.78 is 0. The first-order valence-corrected chi connectivity index (χ1v) is 1.89. The van der Waals surface area contributed by atoms with E-state index in [0.717, 1.165) is 0 Å². The van der Waals surface area contributed by atoms with Gasteiger partial charge in [-0.2, -0.15) is 0 Å². The Hall–Kier alpha value is -0.680. The summed E-state index contributed by atoms with van der Waals surface area (Å²) in [7, 11) is 0. The molecule has 11 heavy (non-hydrogen) atoms. The Kier molecular flexibility index (Phi) is 18.3. The van der Waals surface area contributed by atoms with Gasteiger partial charge in [-0.15, -0.1) is 12.8 Å². The Bertz CT molecular complexity index is 184. The average molecular weight is 178 g/mol. The molecule has 5 heteroatoms. The largest absolute Gasteiger partial charge is 2.00 e. The number of carboxylic acid groups (broad SMARTS) is 2. The Balaban J connectivity index is -0.000000107. The van der Waals surface area contributed by atoms with E-state index >= 15 is 0 Å². The van der Waals surface area contributed by atoms with Gasteiger partial charge in [0.1, 0.15) is 11.9 Å². The van der Waals surface area contributed by atoms with Gasteiger partial charge in [0, 0.05) is 0 Å². The van der Waals surface area contributed by atoms with E-state index < -0.39 is 11.9 Å². The molecule has 4 nitrogen and oxygen atoms in total. The fraction of sp³-hybridized carbons (Fsp3) is 0. The Labute approximate surface area is 93.6 Å². The van der Waals surface area contributed by atoms with Gasteiger partial charge in [0.2, 0.25) is 0 Å². The summed E-state index contributed by atoms with van der Waals surface area (Å²) in [5.74, 6) is -0.269. The minimum atomic E-state index is -1.47. The van der Waals surface area contributed by atoms with Gasteiger partial charge in [0.05, 0.1) is 0 Å². The molecule has 0 spiro atoms. The van der Waals surface area contributed by atoms with Crippen LogP contribution >= 0.6 is 0 Å². The number of carbonyl (C=O) groups is 2. The molecule has 0 aromatic carbocycles. The van der Waals surface area contributed by atoms with E-state index in [9.17, 15) is 0 Å². The summed E-state index contributed by atoms with van der Waals surface area (Å²) in [6.07, 6.45) is 8.52. The molecule has 0 amide bonds. The fourth-order valence-corrected chi connectivity index (χ4v) is 0. The van der Waals surface area contributed by atoms with Crippen LogP contribution in [0.5, 0.6) is 0 Å². The Morgan fingerprint density at radius 2 is 1.09 bits per heavy atom. The number of carbonyl (C=O) groups excluding carboxylic acids is 2. The summed E-state index contributed by atoms with van der Waals surface area (Å²) >= 11 is 0. The second-order valence-electron chi connectivity index (χ2n) is 0.864. The van der Waals surface area contributed by atoms with Gasteiger partial charge < -0.3 is 19.8 Å². The molecule has 0 heterocycles. The molecule has 0 aliphatic heterocycles. The van der Waals surface area contributed by atoms with Crippen LogP contribution in [0.3, 0.4) is 0 Å². The first-order chi connectivity index (χ1) is 4.54. The zero-order valence-electron chi connectivity index (χ0n) is 5.49. The van der Waals surface area contributed by atoms with E-state index in [0.29, 0.717) is 0 Å². The molecule has 0 saturated heterocycles. The maximum absolute atomic E-state index is 9.02. The van der Waals surface area contributed by atoms with E-state index in [-0.39, 0.29) is 37.7 Å². The molecular formula is C6H2CaO4. The van der Waals surface area contributed by atoms with Gasteiger partial charge in [-0.05, 0) is 0 Å². The first-order valence-electron chi connectivity index (χ1n) is 1.89. The standard InChI is InChI=1S/2C3H2O2.Ca/c2*1-2-3(4)5;/h2*1H,(H,4,5);/q;;+2/p-2. The zero-order valence-corrected chi connectivity index (χ0v) is 7.70. The SMILES string of the molecule is C#CC(=O)[O-].C#CC(=O)[O-].[Ca+2]. The first kappa shape index (κ1) is 16.7. The molecular weight excluding hydrogens is 176 g/mol. The second-order valence-corrected chi connectivity index (χ2v) is 0.864. The predicted octanol–water partition coefficient (Wildman–Crippen LogP) is -3.64. The van der Waals surface area contributed by atoms with E-state index in [2.05, 4.69) is 12.8 Å². The number of hydrogen-bond acceptors (Lipinski definition) is 4. The quantitative estimate of drug-likeness (QED) is 0.283. The van der Waals surface area contributed by atoms with Crippen LogP contribution in [0, 0.1) is 24.7 Å². The molecule has 0 fully saturated rings. The molecule has 0 aromatic rings. The van der Waals surface area contributed by atoms with Crippen molar-refractivity contribution >= 4 is 49.7 Å². The van der Waals surface area contributed by atoms with Crippen LogP contribution in [0.25, 0.3) is 0 Å². The smallest absolute Gasteiger partial charge is 0.537 e. The van der Waals surface area contributed by atoms with Crippen molar-refractivity contribution in [1.29, 1.82) is 0 Å². The monoisotopic (exact) mass is 178 g/mol. The van der Waals surface area contributed by atoms with Gasteiger partial charge in [-0.3, -0.25) is 0 Å². The Morgan fingerprint density at radius 1 is 1.00 bits per heavy atom. The van der Waals surface area contributed by atoms with Crippen molar-refractivity contribution in [3.8, 4) is 24.7 Å².